The number of carbonyl (C=O) groups is 1. The first kappa shape index (κ1) is 17.4. The number of nitrogen functional groups attached to an aromatic ring is 1. The van der Waals surface area contributed by atoms with Gasteiger partial charge in [0, 0.05) is 37.0 Å². The van der Waals surface area contributed by atoms with Crippen molar-refractivity contribution in [1.82, 2.24) is 9.88 Å². The van der Waals surface area contributed by atoms with Crippen molar-refractivity contribution in [3.8, 4) is 11.1 Å². The number of nitrogens with zero attached hydrogens (tertiary/aromatic N) is 2. The molecule has 3 rings (SSSR count). The lowest BCUT2D eigenvalue weighted by Gasteiger charge is -2.27. The molecule has 0 saturated carbocycles. The van der Waals surface area contributed by atoms with Crippen LogP contribution >= 0.6 is 0 Å². The van der Waals surface area contributed by atoms with Crippen LogP contribution < -0.4 is 5.73 Å². The Morgan fingerprint density at radius 3 is 2.88 bits per heavy atom. The van der Waals surface area contributed by atoms with Gasteiger partial charge in [0.05, 0.1) is 6.10 Å². The van der Waals surface area contributed by atoms with Crippen LogP contribution in [-0.2, 0) is 4.74 Å². The fourth-order valence-electron chi connectivity index (χ4n) is 3.27. The van der Waals surface area contributed by atoms with Crippen LogP contribution in [0, 0.1) is 6.92 Å². The number of pyridine rings is 1. The van der Waals surface area contributed by atoms with E-state index in [9.17, 15) is 4.79 Å². The number of aromatic nitrogens is 1. The van der Waals surface area contributed by atoms with Crippen molar-refractivity contribution in [3.63, 3.8) is 0 Å². The minimum absolute atomic E-state index is 0.0112. The second kappa shape index (κ2) is 7.66. The van der Waals surface area contributed by atoms with Crippen LogP contribution in [0.5, 0.6) is 0 Å². The molecule has 1 saturated heterocycles. The molecule has 2 aromatic rings. The maximum absolute atomic E-state index is 12.8. The summed E-state index contributed by atoms with van der Waals surface area (Å²) in [4.78, 5) is 18.8. The van der Waals surface area contributed by atoms with Gasteiger partial charge in [0.15, 0.2) is 0 Å². The number of likely N-dealkylation sites (N-methyl/N-ethyl adjacent to an activating group) is 1. The Hall–Kier alpha value is -2.40. The predicted molar refractivity (Wildman–Crippen MR) is 99.4 cm³/mol. The summed E-state index contributed by atoms with van der Waals surface area (Å²) in [6, 6.07) is 11.4. The van der Waals surface area contributed by atoms with Crippen molar-refractivity contribution in [2.45, 2.75) is 32.3 Å². The molecule has 1 fully saturated rings. The third-order valence-corrected chi connectivity index (χ3v) is 4.63. The molecule has 5 heteroatoms. The number of amides is 1. The number of hydrogen-bond donors (Lipinski definition) is 1. The lowest BCUT2D eigenvalue weighted by Crippen LogP contribution is -2.37. The van der Waals surface area contributed by atoms with Crippen molar-refractivity contribution in [3.05, 3.63) is 47.7 Å². The number of hydrogen-bond acceptors (Lipinski definition) is 4. The molecule has 1 aliphatic heterocycles. The zero-order chi connectivity index (χ0) is 17.8. The van der Waals surface area contributed by atoms with Crippen molar-refractivity contribution >= 4 is 11.7 Å². The second-order valence-corrected chi connectivity index (χ2v) is 6.62. The summed E-state index contributed by atoms with van der Waals surface area (Å²) in [6.07, 6.45) is 3.46. The highest BCUT2D eigenvalue weighted by Gasteiger charge is 2.20. The highest BCUT2D eigenvalue weighted by atomic mass is 16.5. The zero-order valence-electron chi connectivity index (χ0n) is 14.9. The van der Waals surface area contributed by atoms with E-state index in [0.29, 0.717) is 17.9 Å². The van der Waals surface area contributed by atoms with Crippen LogP contribution in [0.25, 0.3) is 11.1 Å². The van der Waals surface area contributed by atoms with Gasteiger partial charge in [-0.05, 0) is 56.0 Å². The van der Waals surface area contributed by atoms with Gasteiger partial charge in [-0.15, -0.1) is 0 Å². The van der Waals surface area contributed by atoms with Crippen LogP contribution in [0.3, 0.4) is 0 Å². The van der Waals surface area contributed by atoms with Gasteiger partial charge in [-0.2, -0.15) is 0 Å². The Kier molecular flexibility index (Phi) is 5.34. The highest BCUT2D eigenvalue weighted by Crippen LogP contribution is 2.24. The molecule has 1 aliphatic rings. The number of ether oxygens (including phenoxy) is 1. The van der Waals surface area contributed by atoms with E-state index in [0.717, 1.165) is 36.3 Å². The molecule has 25 heavy (non-hydrogen) atoms. The number of nitrogens with two attached hydrogens (primary N) is 1. The smallest absolute Gasteiger partial charge is 0.253 e. The normalized spacial score (nSPS) is 17.3. The molecule has 132 valence electrons. The predicted octanol–water partition coefficient (Wildman–Crippen LogP) is 3.28. The van der Waals surface area contributed by atoms with Gasteiger partial charge in [-0.25, -0.2) is 4.98 Å². The highest BCUT2D eigenvalue weighted by molar-refractivity contribution is 5.95. The SMILES string of the molecule is Cc1nc(N)ccc1-c1cccc(C(=O)N(C)C[C@@H]2CCCCO2)c1. The fraction of sp³-hybridized carbons (Fsp3) is 0.400. The zero-order valence-corrected chi connectivity index (χ0v) is 14.9. The van der Waals surface area contributed by atoms with E-state index in [2.05, 4.69) is 4.98 Å². The number of carbonyl (C=O) groups excluding carboxylic acids is 1. The molecule has 2 heterocycles. The lowest BCUT2D eigenvalue weighted by molar-refractivity contribution is -0.000186. The number of rotatable bonds is 4. The van der Waals surface area contributed by atoms with Gasteiger partial charge >= 0.3 is 0 Å². The summed E-state index contributed by atoms with van der Waals surface area (Å²) >= 11 is 0. The largest absolute Gasteiger partial charge is 0.384 e. The summed E-state index contributed by atoms with van der Waals surface area (Å²) in [7, 11) is 1.84. The monoisotopic (exact) mass is 339 g/mol. The second-order valence-electron chi connectivity index (χ2n) is 6.62. The minimum Gasteiger partial charge on any atom is -0.384 e. The van der Waals surface area contributed by atoms with Crippen LogP contribution in [-0.4, -0.2) is 42.1 Å². The molecule has 0 radical (unpaired) electrons. The molecule has 1 amide bonds. The van der Waals surface area contributed by atoms with Crippen molar-refractivity contribution < 1.29 is 9.53 Å². The van der Waals surface area contributed by atoms with Gasteiger partial charge in [0.25, 0.3) is 5.91 Å². The molecule has 2 N–H and O–H groups in total. The van der Waals surface area contributed by atoms with E-state index in [1.807, 2.05) is 44.3 Å². The molecule has 0 bridgehead atoms. The summed E-state index contributed by atoms with van der Waals surface area (Å²) < 4.78 is 5.74. The minimum atomic E-state index is 0.0112. The third-order valence-electron chi connectivity index (χ3n) is 4.63. The summed E-state index contributed by atoms with van der Waals surface area (Å²) in [5, 5.41) is 0. The quantitative estimate of drug-likeness (QED) is 0.928. The van der Waals surface area contributed by atoms with Crippen molar-refractivity contribution in [2.75, 3.05) is 25.9 Å². The maximum atomic E-state index is 12.8. The number of anilines is 1. The first-order valence-corrected chi connectivity index (χ1v) is 8.75. The van der Waals surface area contributed by atoms with E-state index in [1.165, 1.54) is 6.42 Å². The van der Waals surface area contributed by atoms with Crippen LogP contribution in [0.2, 0.25) is 0 Å². The van der Waals surface area contributed by atoms with E-state index >= 15 is 0 Å². The van der Waals surface area contributed by atoms with E-state index < -0.39 is 0 Å². The van der Waals surface area contributed by atoms with Crippen LogP contribution in [0.1, 0.15) is 35.3 Å². The van der Waals surface area contributed by atoms with Crippen LogP contribution in [0.4, 0.5) is 5.82 Å². The molecule has 0 spiro atoms. The van der Waals surface area contributed by atoms with Gasteiger partial charge < -0.3 is 15.4 Å². The molecule has 1 aromatic heterocycles. The Morgan fingerprint density at radius 2 is 2.16 bits per heavy atom. The maximum Gasteiger partial charge on any atom is 0.253 e. The Labute approximate surface area is 148 Å². The molecular formula is C20H25N3O2. The Bertz CT molecular complexity index is 754. The fourth-order valence-corrected chi connectivity index (χ4v) is 3.27. The van der Waals surface area contributed by atoms with E-state index in [4.69, 9.17) is 10.5 Å². The summed E-state index contributed by atoms with van der Waals surface area (Å²) in [5.74, 6) is 0.512. The summed E-state index contributed by atoms with van der Waals surface area (Å²) in [5.41, 5.74) is 9.22. The van der Waals surface area contributed by atoms with E-state index in [-0.39, 0.29) is 12.0 Å². The summed E-state index contributed by atoms with van der Waals surface area (Å²) in [6.45, 7) is 3.35. The first-order valence-electron chi connectivity index (χ1n) is 8.75. The Balaban J connectivity index is 1.77. The Morgan fingerprint density at radius 1 is 1.32 bits per heavy atom. The average Bonchev–Trinajstić information content (AvgIpc) is 2.62. The van der Waals surface area contributed by atoms with Crippen LogP contribution in [0.15, 0.2) is 36.4 Å². The van der Waals surface area contributed by atoms with E-state index in [1.54, 1.807) is 11.0 Å². The van der Waals surface area contributed by atoms with Gasteiger partial charge in [0.1, 0.15) is 5.82 Å². The van der Waals surface area contributed by atoms with Crippen molar-refractivity contribution in [1.29, 1.82) is 0 Å². The van der Waals surface area contributed by atoms with Crippen molar-refractivity contribution in [2.24, 2.45) is 0 Å². The molecule has 5 nitrogen and oxygen atoms in total. The first-order chi connectivity index (χ1) is 12.0. The topological polar surface area (TPSA) is 68.5 Å². The molecule has 0 unspecified atom stereocenters. The average molecular weight is 339 g/mol. The molecule has 1 aromatic carbocycles. The van der Waals surface area contributed by atoms with Gasteiger partial charge in [-0.3, -0.25) is 4.79 Å². The molecular weight excluding hydrogens is 314 g/mol. The molecule has 1 atom stereocenters. The van der Waals surface area contributed by atoms with Gasteiger partial charge in [0.2, 0.25) is 0 Å². The lowest BCUT2D eigenvalue weighted by atomic mass is 10.0. The number of benzene rings is 1. The van der Waals surface area contributed by atoms with Gasteiger partial charge in [-0.1, -0.05) is 12.1 Å². The standard InChI is InChI=1S/C20H25N3O2/c1-14-18(9-10-19(21)22-14)15-6-5-7-16(12-15)20(24)23(2)13-17-8-3-4-11-25-17/h5-7,9-10,12,17H,3-4,8,11,13H2,1-2H3,(H2,21,22)/t17-/m0/s1. The third kappa shape index (κ3) is 4.17. The number of aryl methyl sites for hydroxylation is 1. The molecule has 0 aliphatic carbocycles.